The van der Waals surface area contributed by atoms with Crippen molar-refractivity contribution in [1.29, 1.82) is 0 Å². The highest BCUT2D eigenvalue weighted by Crippen LogP contribution is 2.62. The topological polar surface area (TPSA) is 97.4 Å². The number of hydrogen-bond donors (Lipinski definition) is 2. The first kappa shape index (κ1) is 21.4. The van der Waals surface area contributed by atoms with Crippen LogP contribution in [-0.2, 0) is 19.1 Å². The third-order valence-corrected chi connectivity index (χ3v) is 7.57. The Balaban J connectivity index is 1.41. The Hall–Kier alpha value is -1.86. The number of amides is 2. The Bertz CT molecular complexity index is 906. The molecule has 2 unspecified atom stereocenters. The summed E-state index contributed by atoms with van der Waals surface area (Å²) in [6, 6.07) is 0. The quantitative estimate of drug-likeness (QED) is 0.662. The second-order valence-corrected chi connectivity index (χ2v) is 10.0. The molecule has 2 N–H and O–H groups in total. The van der Waals surface area contributed by atoms with E-state index in [1.165, 1.54) is 13.1 Å². The Morgan fingerprint density at radius 2 is 1.87 bits per heavy atom. The highest BCUT2D eigenvalue weighted by Gasteiger charge is 2.61. The molecule has 0 spiro atoms. The molecule has 1 aromatic heterocycles. The summed E-state index contributed by atoms with van der Waals surface area (Å²) in [4.78, 5) is 41.2. The highest BCUT2D eigenvalue weighted by molar-refractivity contribution is 6.37. The largest absolute Gasteiger partial charge is 0.455 e. The van der Waals surface area contributed by atoms with E-state index in [0.717, 1.165) is 32.1 Å². The number of hydrogen-bond acceptors (Lipinski definition) is 5. The molecule has 4 aliphatic rings. The first-order valence-electron chi connectivity index (χ1n) is 10.2. The Kier molecular flexibility index (Phi) is 5.47. The number of carbonyl (C=O) groups is 3. The van der Waals surface area contributed by atoms with Gasteiger partial charge in [0.1, 0.15) is 0 Å². The zero-order valence-corrected chi connectivity index (χ0v) is 18.5. The molecule has 1 aromatic rings. The molecule has 30 heavy (non-hydrogen) atoms. The number of anilines is 1. The van der Waals surface area contributed by atoms with E-state index in [1.807, 2.05) is 0 Å². The van der Waals surface area contributed by atoms with E-state index >= 15 is 0 Å². The number of nitrogens with one attached hydrogen (secondary N) is 2. The SMILES string of the molecule is CC(=O)NC12C[C@H]3C[C@@H](C1)CC(C(=O)OCC(=O)Nc1ncc(Cl)c(C)c1Cl)(C3)C2. The van der Waals surface area contributed by atoms with Gasteiger partial charge in [0.05, 0.1) is 15.5 Å². The molecule has 5 rings (SSSR count). The first-order valence-corrected chi connectivity index (χ1v) is 10.9. The van der Waals surface area contributed by atoms with E-state index in [0.29, 0.717) is 28.8 Å². The van der Waals surface area contributed by atoms with Gasteiger partial charge in [0, 0.05) is 18.7 Å². The maximum Gasteiger partial charge on any atom is 0.312 e. The van der Waals surface area contributed by atoms with E-state index in [2.05, 4.69) is 15.6 Å². The number of nitrogens with zero attached hydrogens (tertiary/aromatic N) is 1. The first-order chi connectivity index (χ1) is 14.1. The lowest BCUT2D eigenvalue weighted by Crippen LogP contribution is -2.64. The number of aromatic nitrogens is 1. The number of carbonyl (C=O) groups excluding carboxylic acids is 3. The summed E-state index contributed by atoms with van der Waals surface area (Å²) in [5.74, 6) is 0.0501. The van der Waals surface area contributed by atoms with Crippen LogP contribution in [0.3, 0.4) is 0 Å². The summed E-state index contributed by atoms with van der Waals surface area (Å²) in [7, 11) is 0. The minimum absolute atomic E-state index is 0.0671. The normalized spacial score (nSPS) is 31.3. The van der Waals surface area contributed by atoms with Crippen LogP contribution in [0.5, 0.6) is 0 Å². The summed E-state index contributed by atoms with van der Waals surface area (Å²) in [6.07, 6.45) is 6.43. The van der Waals surface area contributed by atoms with Gasteiger partial charge >= 0.3 is 5.97 Å². The zero-order valence-electron chi connectivity index (χ0n) is 17.0. The van der Waals surface area contributed by atoms with Crippen molar-refractivity contribution < 1.29 is 19.1 Å². The van der Waals surface area contributed by atoms with Crippen LogP contribution >= 0.6 is 23.2 Å². The number of pyridine rings is 1. The van der Waals surface area contributed by atoms with Crippen molar-refractivity contribution in [3.63, 3.8) is 0 Å². The van der Waals surface area contributed by atoms with Crippen LogP contribution in [-0.4, -0.2) is 34.9 Å². The maximum atomic E-state index is 13.1. The third kappa shape index (κ3) is 3.89. The molecular weight excluding hydrogens is 429 g/mol. The van der Waals surface area contributed by atoms with Crippen LogP contribution in [0.25, 0.3) is 0 Å². The van der Waals surface area contributed by atoms with Gasteiger partial charge in [0.2, 0.25) is 5.91 Å². The Morgan fingerprint density at radius 3 is 2.50 bits per heavy atom. The van der Waals surface area contributed by atoms with Gasteiger partial charge in [-0.05, 0) is 62.8 Å². The van der Waals surface area contributed by atoms with Crippen molar-refractivity contribution in [2.24, 2.45) is 17.3 Å². The number of rotatable bonds is 5. The predicted octanol–water partition coefficient (Wildman–Crippen LogP) is 3.65. The van der Waals surface area contributed by atoms with Crippen LogP contribution in [0.4, 0.5) is 5.82 Å². The van der Waals surface area contributed by atoms with Crippen molar-refractivity contribution in [1.82, 2.24) is 10.3 Å². The third-order valence-electron chi connectivity index (χ3n) is 6.73. The monoisotopic (exact) mass is 453 g/mol. The molecule has 2 amide bonds. The van der Waals surface area contributed by atoms with E-state index < -0.39 is 17.9 Å². The van der Waals surface area contributed by atoms with Crippen LogP contribution in [0.15, 0.2) is 6.20 Å². The summed E-state index contributed by atoms with van der Waals surface area (Å²) in [6.45, 7) is 2.83. The van der Waals surface area contributed by atoms with Crippen LogP contribution in [0.2, 0.25) is 10.0 Å². The molecule has 0 radical (unpaired) electrons. The molecule has 4 saturated carbocycles. The average molecular weight is 454 g/mol. The summed E-state index contributed by atoms with van der Waals surface area (Å²) < 4.78 is 5.44. The lowest BCUT2D eigenvalue weighted by Gasteiger charge is -2.60. The molecule has 162 valence electrons. The fourth-order valence-electron chi connectivity index (χ4n) is 6.12. The molecule has 1 heterocycles. The van der Waals surface area contributed by atoms with Gasteiger partial charge in [-0.2, -0.15) is 0 Å². The van der Waals surface area contributed by atoms with E-state index in [4.69, 9.17) is 27.9 Å². The van der Waals surface area contributed by atoms with Crippen LogP contribution in [0, 0.1) is 24.2 Å². The highest BCUT2D eigenvalue weighted by atomic mass is 35.5. The van der Waals surface area contributed by atoms with Crippen molar-refractivity contribution in [2.75, 3.05) is 11.9 Å². The summed E-state index contributed by atoms with van der Waals surface area (Å²) in [5.41, 5.74) is -0.341. The molecule has 7 nitrogen and oxygen atoms in total. The smallest absolute Gasteiger partial charge is 0.312 e. The molecule has 9 heteroatoms. The molecule has 0 aliphatic heterocycles. The van der Waals surface area contributed by atoms with Gasteiger partial charge in [-0.15, -0.1) is 0 Å². The molecular formula is C21H25Cl2N3O4. The van der Waals surface area contributed by atoms with E-state index in [-0.39, 0.29) is 28.3 Å². The van der Waals surface area contributed by atoms with Crippen molar-refractivity contribution in [3.05, 3.63) is 21.8 Å². The Morgan fingerprint density at radius 1 is 1.20 bits per heavy atom. The minimum atomic E-state index is -0.625. The van der Waals surface area contributed by atoms with Gasteiger partial charge in [-0.1, -0.05) is 23.2 Å². The van der Waals surface area contributed by atoms with Gasteiger partial charge in [-0.25, -0.2) is 4.98 Å². The number of esters is 1. The summed E-state index contributed by atoms with van der Waals surface area (Å²) >= 11 is 12.1. The van der Waals surface area contributed by atoms with Crippen molar-refractivity contribution in [2.45, 2.75) is 57.9 Å². The van der Waals surface area contributed by atoms with Gasteiger partial charge in [0.25, 0.3) is 5.91 Å². The fraction of sp³-hybridized carbons (Fsp3) is 0.619. The van der Waals surface area contributed by atoms with E-state index in [1.54, 1.807) is 6.92 Å². The molecule has 4 atom stereocenters. The standard InChI is InChI=1S/C21H25Cl2N3O4/c1-11-15(22)8-24-18(17(11)23)25-16(28)9-30-19(29)20-4-13-3-14(5-20)7-21(6-13,10-20)26-12(2)27/h8,13-14H,3-7,9-10H2,1-2H3,(H,26,27)(H,24,25,28)/t13-,14+,20?,21?. The van der Waals surface area contributed by atoms with Gasteiger partial charge < -0.3 is 15.4 Å². The molecule has 4 fully saturated rings. The zero-order chi connectivity index (χ0) is 21.7. The molecule has 4 aliphatic carbocycles. The molecule has 4 bridgehead atoms. The molecule has 0 saturated heterocycles. The predicted molar refractivity (Wildman–Crippen MR) is 112 cm³/mol. The molecule has 0 aromatic carbocycles. The average Bonchev–Trinajstić information content (AvgIpc) is 2.64. The fourth-order valence-corrected chi connectivity index (χ4v) is 6.51. The van der Waals surface area contributed by atoms with Gasteiger partial charge in [0.15, 0.2) is 12.4 Å². The lowest BCUT2D eigenvalue weighted by molar-refractivity contribution is -0.176. The van der Waals surface area contributed by atoms with Crippen LogP contribution in [0.1, 0.15) is 51.0 Å². The number of ether oxygens (including phenoxy) is 1. The van der Waals surface area contributed by atoms with Crippen molar-refractivity contribution >= 4 is 46.8 Å². The van der Waals surface area contributed by atoms with Gasteiger partial charge in [-0.3, -0.25) is 14.4 Å². The minimum Gasteiger partial charge on any atom is -0.455 e. The van der Waals surface area contributed by atoms with Crippen LogP contribution < -0.4 is 10.6 Å². The lowest BCUT2D eigenvalue weighted by atomic mass is 9.47. The second-order valence-electron chi connectivity index (χ2n) is 9.22. The maximum absolute atomic E-state index is 13.1. The Labute approximate surface area is 185 Å². The van der Waals surface area contributed by atoms with Crippen molar-refractivity contribution in [3.8, 4) is 0 Å². The summed E-state index contributed by atoms with van der Waals surface area (Å²) in [5, 5.41) is 6.34. The van der Waals surface area contributed by atoms with E-state index in [9.17, 15) is 14.4 Å². The second kappa shape index (κ2) is 7.68. The number of halogens is 2.